The molecular weight excluding hydrogens is 170 g/mol. The molecule has 0 bridgehead atoms. The largest absolute Gasteiger partial charge is 0.242 e. The maximum Gasteiger partial charge on any atom is 0.146 e. The summed E-state index contributed by atoms with van der Waals surface area (Å²) < 4.78 is 0. The van der Waals surface area contributed by atoms with E-state index in [0.29, 0.717) is 5.92 Å². The Morgan fingerprint density at radius 3 is 2.92 bits per heavy atom. The lowest BCUT2D eigenvalue weighted by atomic mass is 10.2. The first-order valence-electron chi connectivity index (χ1n) is 3.84. The van der Waals surface area contributed by atoms with Gasteiger partial charge >= 0.3 is 0 Å². The van der Waals surface area contributed by atoms with Crippen molar-refractivity contribution < 1.29 is 0 Å². The van der Waals surface area contributed by atoms with E-state index in [1.807, 2.05) is 0 Å². The Kier molecular flexibility index (Phi) is 1.77. The summed E-state index contributed by atoms with van der Waals surface area (Å²) in [6.45, 7) is 4.26. The summed E-state index contributed by atoms with van der Waals surface area (Å²) in [5.41, 5.74) is 0.909. The van der Waals surface area contributed by atoms with Gasteiger partial charge in [0.25, 0.3) is 0 Å². The third-order valence-corrected chi connectivity index (χ3v) is 2.86. The monoisotopic (exact) mass is 179 g/mol. The minimum Gasteiger partial charge on any atom is -0.242 e. The number of hydrogen-bond donors (Lipinski definition) is 0. The zero-order valence-electron chi connectivity index (χ0n) is 6.98. The van der Waals surface area contributed by atoms with Crippen LogP contribution in [0.4, 0.5) is 0 Å². The molecular formula is C8H9N3S. The molecule has 62 valence electrons. The second-order valence-electron chi connectivity index (χ2n) is 2.92. The van der Waals surface area contributed by atoms with Crippen LogP contribution < -0.4 is 0 Å². The van der Waals surface area contributed by atoms with Crippen LogP contribution in [0.3, 0.4) is 0 Å². The molecule has 0 spiro atoms. The van der Waals surface area contributed by atoms with Crippen LogP contribution in [-0.4, -0.2) is 15.0 Å². The molecule has 12 heavy (non-hydrogen) atoms. The molecule has 2 rings (SSSR count). The zero-order valence-corrected chi connectivity index (χ0v) is 7.80. The first kappa shape index (κ1) is 7.61. The number of thiazole rings is 1. The highest BCUT2D eigenvalue weighted by molar-refractivity contribution is 7.18. The highest BCUT2D eigenvalue weighted by Crippen LogP contribution is 2.24. The van der Waals surface area contributed by atoms with E-state index in [-0.39, 0.29) is 0 Å². The molecule has 0 aliphatic heterocycles. The van der Waals surface area contributed by atoms with Crippen molar-refractivity contribution in [3.63, 3.8) is 0 Å². The van der Waals surface area contributed by atoms with Crippen molar-refractivity contribution in [2.45, 2.75) is 19.8 Å². The Labute approximate surface area is 74.5 Å². The Morgan fingerprint density at radius 2 is 2.25 bits per heavy atom. The summed E-state index contributed by atoms with van der Waals surface area (Å²) in [6, 6.07) is 0. The summed E-state index contributed by atoms with van der Waals surface area (Å²) >= 11 is 1.64. The van der Waals surface area contributed by atoms with Gasteiger partial charge in [0.15, 0.2) is 0 Å². The van der Waals surface area contributed by atoms with Crippen LogP contribution in [0.15, 0.2) is 12.5 Å². The van der Waals surface area contributed by atoms with Crippen LogP contribution in [0.5, 0.6) is 0 Å². The number of aromatic nitrogens is 3. The summed E-state index contributed by atoms with van der Waals surface area (Å²) in [5.74, 6) is 0.476. The lowest BCUT2D eigenvalue weighted by Crippen LogP contribution is -1.83. The normalized spacial score (nSPS) is 11.2. The van der Waals surface area contributed by atoms with Gasteiger partial charge in [-0.15, -0.1) is 0 Å². The van der Waals surface area contributed by atoms with Crippen LogP contribution in [0, 0.1) is 0 Å². The SMILES string of the molecule is CC(C)c1nc2cncnc2s1. The Balaban J connectivity index is 2.62. The molecule has 0 atom stereocenters. The lowest BCUT2D eigenvalue weighted by molar-refractivity contribution is 0.856. The van der Waals surface area contributed by atoms with E-state index in [2.05, 4.69) is 28.8 Å². The van der Waals surface area contributed by atoms with E-state index in [0.717, 1.165) is 15.4 Å². The van der Waals surface area contributed by atoms with Crippen molar-refractivity contribution in [2.24, 2.45) is 0 Å². The van der Waals surface area contributed by atoms with Gasteiger partial charge in [0.05, 0.1) is 11.2 Å². The number of nitrogens with zero attached hydrogens (tertiary/aromatic N) is 3. The van der Waals surface area contributed by atoms with Crippen molar-refractivity contribution in [1.29, 1.82) is 0 Å². The summed E-state index contributed by atoms with van der Waals surface area (Å²) in [6.07, 6.45) is 3.31. The van der Waals surface area contributed by atoms with Crippen LogP contribution in [0.1, 0.15) is 24.8 Å². The summed E-state index contributed by atoms with van der Waals surface area (Å²) in [7, 11) is 0. The minimum absolute atomic E-state index is 0.476. The second kappa shape index (κ2) is 2.79. The van der Waals surface area contributed by atoms with E-state index in [1.54, 1.807) is 23.9 Å². The molecule has 0 saturated heterocycles. The second-order valence-corrected chi connectivity index (χ2v) is 3.93. The number of rotatable bonds is 1. The van der Waals surface area contributed by atoms with Gasteiger partial charge in [-0.3, -0.25) is 0 Å². The van der Waals surface area contributed by atoms with Gasteiger partial charge in [0, 0.05) is 5.92 Å². The molecule has 0 saturated carbocycles. The van der Waals surface area contributed by atoms with Crippen LogP contribution in [0.25, 0.3) is 10.3 Å². The predicted molar refractivity (Wildman–Crippen MR) is 49.3 cm³/mol. The molecule has 0 unspecified atom stereocenters. The Hall–Kier alpha value is -1.03. The van der Waals surface area contributed by atoms with Crippen molar-refractivity contribution in [3.8, 4) is 0 Å². The standard InChI is InChI=1S/C8H9N3S/c1-5(2)7-11-6-3-9-4-10-8(6)12-7/h3-5H,1-2H3. The number of hydrogen-bond acceptors (Lipinski definition) is 4. The van der Waals surface area contributed by atoms with Crippen LogP contribution in [0.2, 0.25) is 0 Å². The Morgan fingerprint density at radius 1 is 1.42 bits per heavy atom. The molecule has 0 aliphatic rings. The van der Waals surface area contributed by atoms with E-state index in [4.69, 9.17) is 0 Å². The van der Waals surface area contributed by atoms with Gasteiger partial charge < -0.3 is 0 Å². The zero-order chi connectivity index (χ0) is 8.55. The molecule has 3 nitrogen and oxygen atoms in total. The topological polar surface area (TPSA) is 38.7 Å². The maximum atomic E-state index is 4.41. The third kappa shape index (κ3) is 1.18. The fourth-order valence-corrected chi connectivity index (χ4v) is 1.83. The summed E-state index contributed by atoms with van der Waals surface area (Å²) in [5, 5.41) is 1.13. The van der Waals surface area contributed by atoms with Crippen LogP contribution >= 0.6 is 11.3 Å². The van der Waals surface area contributed by atoms with Gasteiger partial charge in [-0.2, -0.15) is 0 Å². The average molecular weight is 179 g/mol. The molecule has 2 aromatic heterocycles. The lowest BCUT2D eigenvalue weighted by Gasteiger charge is -1.93. The molecule has 0 aliphatic carbocycles. The van der Waals surface area contributed by atoms with E-state index >= 15 is 0 Å². The molecule has 0 aromatic carbocycles. The van der Waals surface area contributed by atoms with Gasteiger partial charge in [-0.05, 0) is 0 Å². The highest BCUT2D eigenvalue weighted by atomic mass is 32.1. The van der Waals surface area contributed by atoms with Crippen LogP contribution in [-0.2, 0) is 0 Å². The van der Waals surface area contributed by atoms with Crippen molar-refractivity contribution in [1.82, 2.24) is 15.0 Å². The smallest absolute Gasteiger partial charge is 0.146 e. The molecule has 4 heteroatoms. The summed E-state index contributed by atoms with van der Waals surface area (Å²) in [4.78, 5) is 13.4. The molecule has 0 N–H and O–H groups in total. The third-order valence-electron chi connectivity index (χ3n) is 1.58. The highest BCUT2D eigenvalue weighted by Gasteiger charge is 2.06. The van der Waals surface area contributed by atoms with Crippen molar-refractivity contribution >= 4 is 21.7 Å². The van der Waals surface area contributed by atoms with Crippen molar-refractivity contribution in [2.75, 3.05) is 0 Å². The van der Waals surface area contributed by atoms with E-state index in [9.17, 15) is 0 Å². The first-order valence-corrected chi connectivity index (χ1v) is 4.65. The van der Waals surface area contributed by atoms with E-state index < -0.39 is 0 Å². The predicted octanol–water partition coefficient (Wildman–Crippen LogP) is 2.21. The molecule has 0 fully saturated rings. The molecule has 2 aromatic rings. The quantitative estimate of drug-likeness (QED) is 0.673. The molecule has 2 heterocycles. The molecule has 0 radical (unpaired) electrons. The molecule has 0 amide bonds. The van der Waals surface area contributed by atoms with Gasteiger partial charge in [-0.25, -0.2) is 15.0 Å². The average Bonchev–Trinajstić information content (AvgIpc) is 2.46. The van der Waals surface area contributed by atoms with Gasteiger partial charge in [-0.1, -0.05) is 25.2 Å². The van der Waals surface area contributed by atoms with E-state index in [1.165, 1.54) is 0 Å². The van der Waals surface area contributed by atoms with Gasteiger partial charge in [0.1, 0.15) is 16.7 Å². The maximum absolute atomic E-state index is 4.41. The van der Waals surface area contributed by atoms with Crippen molar-refractivity contribution in [3.05, 3.63) is 17.5 Å². The fraction of sp³-hybridized carbons (Fsp3) is 0.375. The first-order chi connectivity index (χ1) is 5.77. The van der Waals surface area contributed by atoms with Gasteiger partial charge in [0.2, 0.25) is 0 Å². The number of fused-ring (bicyclic) bond motifs is 1. The fourth-order valence-electron chi connectivity index (χ4n) is 0.954. The Bertz CT molecular complexity index is 361. The minimum atomic E-state index is 0.476.